The highest BCUT2D eigenvalue weighted by Crippen LogP contribution is 2.28. The first-order valence-corrected chi connectivity index (χ1v) is 6.52. The molecule has 1 rings (SSSR count). The maximum Gasteiger partial charge on any atom is 0.239 e. The normalized spacial score (nSPS) is 14.2. The van der Waals surface area contributed by atoms with E-state index in [9.17, 15) is 0 Å². The van der Waals surface area contributed by atoms with Crippen molar-refractivity contribution in [2.45, 2.75) is 38.0 Å². The maximum atomic E-state index is 5.24. The second kappa shape index (κ2) is 7.92. The molecule has 94 valence electrons. The molecule has 0 amide bonds. The van der Waals surface area contributed by atoms with Crippen LogP contribution in [-0.4, -0.2) is 29.5 Å². The van der Waals surface area contributed by atoms with Crippen molar-refractivity contribution in [1.29, 1.82) is 0 Å². The highest BCUT2D eigenvalue weighted by Gasteiger charge is 2.16. The van der Waals surface area contributed by atoms with E-state index in [0.29, 0.717) is 11.3 Å². The first-order chi connectivity index (χ1) is 7.21. The summed E-state index contributed by atoms with van der Waals surface area (Å²) in [7, 11) is 1.93. The Kier molecular flexibility index (Phi) is 7.80. The topological polar surface area (TPSA) is 51.0 Å². The summed E-state index contributed by atoms with van der Waals surface area (Å²) in [5.74, 6) is 1.54. The fraction of sp³-hybridized carbons (Fsp3) is 0.800. The highest BCUT2D eigenvalue weighted by molar-refractivity contribution is 7.98. The van der Waals surface area contributed by atoms with Gasteiger partial charge in [0, 0.05) is 12.5 Å². The Labute approximate surface area is 107 Å². The summed E-state index contributed by atoms with van der Waals surface area (Å²) in [6, 6.07) is 0.379. The van der Waals surface area contributed by atoms with Crippen molar-refractivity contribution in [3.63, 3.8) is 0 Å². The Morgan fingerprint density at radius 2 is 2.19 bits per heavy atom. The largest absolute Gasteiger partial charge is 0.338 e. The van der Waals surface area contributed by atoms with Gasteiger partial charge in [-0.3, -0.25) is 0 Å². The van der Waals surface area contributed by atoms with Crippen LogP contribution in [0.3, 0.4) is 0 Å². The summed E-state index contributed by atoms with van der Waals surface area (Å²) in [5, 5.41) is 7.46. The van der Waals surface area contributed by atoms with E-state index >= 15 is 0 Å². The molecule has 0 saturated heterocycles. The van der Waals surface area contributed by atoms with Crippen molar-refractivity contribution in [2.75, 3.05) is 13.3 Å². The van der Waals surface area contributed by atoms with Crippen LogP contribution >= 0.6 is 24.2 Å². The molecule has 2 atom stereocenters. The third-order valence-electron chi connectivity index (χ3n) is 2.40. The van der Waals surface area contributed by atoms with Gasteiger partial charge >= 0.3 is 0 Å². The second-order valence-corrected chi connectivity index (χ2v) is 4.62. The zero-order chi connectivity index (χ0) is 11.3. The van der Waals surface area contributed by atoms with Crippen molar-refractivity contribution in [3.8, 4) is 0 Å². The van der Waals surface area contributed by atoms with E-state index in [1.165, 1.54) is 0 Å². The number of aromatic nitrogens is 2. The van der Waals surface area contributed by atoms with Crippen LogP contribution in [0.15, 0.2) is 4.52 Å². The minimum Gasteiger partial charge on any atom is -0.338 e. The molecular formula is C10H20ClN3OS. The van der Waals surface area contributed by atoms with Crippen molar-refractivity contribution in [2.24, 2.45) is 0 Å². The summed E-state index contributed by atoms with van der Waals surface area (Å²) in [4.78, 5) is 4.40. The number of hydrogen-bond donors (Lipinski definition) is 1. The van der Waals surface area contributed by atoms with Gasteiger partial charge in [-0.2, -0.15) is 16.7 Å². The van der Waals surface area contributed by atoms with E-state index in [-0.39, 0.29) is 12.4 Å². The van der Waals surface area contributed by atoms with Gasteiger partial charge in [-0.05, 0) is 26.6 Å². The lowest BCUT2D eigenvalue weighted by molar-refractivity contribution is 0.368. The number of nitrogens with zero attached hydrogens (tertiary/aromatic N) is 2. The smallest absolute Gasteiger partial charge is 0.239 e. The molecule has 1 aromatic heterocycles. The van der Waals surface area contributed by atoms with Gasteiger partial charge in [0.15, 0.2) is 5.82 Å². The molecule has 1 aromatic rings. The van der Waals surface area contributed by atoms with Crippen molar-refractivity contribution < 1.29 is 4.52 Å². The fourth-order valence-electron chi connectivity index (χ4n) is 1.30. The minimum atomic E-state index is 0. The predicted octanol–water partition coefficient (Wildman–Crippen LogP) is 2.46. The SMILES string of the molecule is CCC(SC)c1nc(CC(C)NC)no1.Cl. The van der Waals surface area contributed by atoms with Gasteiger partial charge in [0.25, 0.3) is 0 Å². The van der Waals surface area contributed by atoms with Crippen LogP contribution in [0.2, 0.25) is 0 Å². The standard InChI is InChI=1S/C10H19N3OS.ClH/c1-5-8(15-4)10-12-9(13-14-10)6-7(2)11-3;/h7-8,11H,5-6H2,1-4H3;1H. The lowest BCUT2D eigenvalue weighted by Crippen LogP contribution is -2.24. The molecule has 0 fully saturated rings. The average molecular weight is 266 g/mol. The van der Waals surface area contributed by atoms with E-state index < -0.39 is 0 Å². The summed E-state index contributed by atoms with van der Waals surface area (Å²) in [6.07, 6.45) is 3.89. The molecule has 0 aliphatic carbocycles. The average Bonchev–Trinajstić information content (AvgIpc) is 2.68. The summed E-state index contributed by atoms with van der Waals surface area (Å²) in [6.45, 7) is 4.23. The Balaban J connectivity index is 0.00000225. The molecule has 2 unspecified atom stereocenters. The first-order valence-electron chi connectivity index (χ1n) is 5.23. The third-order valence-corrected chi connectivity index (χ3v) is 3.50. The summed E-state index contributed by atoms with van der Waals surface area (Å²) >= 11 is 1.75. The van der Waals surface area contributed by atoms with Crippen LogP contribution < -0.4 is 5.32 Å². The van der Waals surface area contributed by atoms with Crippen molar-refractivity contribution in [3.05, 3.63) is 11.7 Å². The Morgan fingerprint density at radius 3 is 2.69 bits per heavy atom. The van der Waals surface area contributed by atoms with E-state index in [2.05, 4.69) is 35.6 Å². The van der Waals surface area contributed by atoms with E-state index in [1.54, 1.807) is 11.8 Å². The number of likely N-dealkylation sites (N-methyl/N-ethyl adjacent to an activating group) is 1. The highest BCUT2D eigenvalue weighted by atomic mass is 35.5. The van der Waals surface area contributed by atoms with Gasteiger partial charge in [0.05, 0.1) is 5.25 Å². The van der Waals surface area contributed by atoms with Gasteiger partial charge in [0.1, 0.15) is 0 Å². The molecule has 0 aliphatic heterocycles. The zero-order valence-electron chi connectivity index (χ0n) is 10.2. The van der Waals surface area contributed by atoms with Crippen molar-refractivity contribution in [1.82, 2.24) is 15.5 Å². The lowest BCUT2D eigenvalue weighted by Gasteiger charge is -2.05. The van der Waals surface area contributed by atoms with Crippen LogP contribution in [0.5, 0.6) is 0 Å². The molecule has 0 spiro atoms. The molecule has 16 heavy (non-hydrogen) atoms. The van der Waals surface area contributed by atoms with Gasteiger partial charge in [0.2, 0.25) is 5.89 Å². The molecule has 1 heterocycles. The molecule has 0 aromatic carbocycles. The number of nitrogens with one attached hydrogen (secondary N) is 1. The second-order valence-electron chi connectivity index (χ2n) is 3.58. The number of rotatable bonds is 6. The quantitative estimate of drug-likeness (QED) is 0.856. The Hall–Kier alpha value is -0.260. The maximum absolute atomic E-state index is 5.24. The molecule has 0 aliphatic rings. The summed E-state index contributed by atoms with van der Waals surface area (Å²) in [5.41, 5.74) is 0. The molecule has 4 nitrogen and oxygen atoms in total. The molecule has 1 N–H and O–H groups in total. The van der Waals surface area contributed by atoms with E-state index in [1.807, 2.05) is 7.05 Å². The Morgan fingerprint density at radius 1 is 1.50 bits per heavy atom. The number of hydrogen-bond acceptors (Lipinski definition) is 5. The molecule has 0 bridgehead atoms. The van der Waals surface area contributed by atoms with Crippen LogP contribution in [-0.2, 0) is 6.42 Å². The van der Waals surface area contributed by atoms with Crippen LogP contribution in [0.4, 0.5) is 0 Å². The van der Waals surface area contributed by atoms with E-state index in [0.717, 1.165) is 24.6 Å². The molecule has 6 heteroatoms. The van der Waals surface area contributed by atoms with Crippen molar-refractivity contribution >= 4 is 24.2 Å². The molecule has 0 saturated carbocycles. The zero-order valence-corrected chi connectivity index (χ0v) is 11.8. The van der Waals surface area contributed by atoms with Crippen LogP contribution in [0, 0.1) is 0 Å². The molecular weight excluding hydrogens is 246 g/mol. The van der Waals surface area contributed by atoms with Gasteiger partial charge < -0.3 is 9.84 Å². The first kappa shape index (κ1) is 15.7. The van der Waals surface area contributed by atoms with Gasteiger partial charge in [-0.25, -0.2) is 0 Å². The lowest BCUT2D eigenvalue weighted by atomic mass is 10.2. The minimum absolute atomic E-state index is 0. The summed E-state index contributed by atoms with van der Waals surface area (Å²) < 4.78 is 5.24. The fourth-order valence-corrected chi connectivity index (χ4v) is 1.93. The van der Waals surface area contributed by atoms with E-state index in [4.69, 9.17) is 4.52 Å². The third kappa shape index (κ3) is 4.31. The monoisotopic (exact) mass is 265 g/mol. The van der Waals surface area contributed by atoms with Crippen LogP contribution in [0.1, 0.15) is 37.2 Å². The predicted molar refractivity (Wildman–Crippen MR) is 70.3 cm³/mol. The van der Waals surface area contributed by atoms with Gasteiger partial charge in [-0.1, -0.05) is 12.1 Å². The molecule has 0 radical (unpaired) electrons. The number of halogens is 1. The number of thioether (sulfide) groups is 1. The van der Waals surface area contributed by atoms with Crippen LogP contribution in [0.25, 0.3) is 0 Å². The Bertz CT molecular complexity index is 291. The van der Waals surface area contributed by atoms with Gasteiger partial charge in [-0.15, -0.1) is 12.4 Å².